The van der Waals surface area contributed by atoms with E-state index in [0.717, 1.165) is 5.56 Å². The van der Waals surface area contributed by atoms with Crippen molar-refractivity contribution < 1.29 is 13.9 Å². The molecule has 6 nitrogen and oxygen atoms in total. The highest BCUT2D eigenvalue weighted by Crippen LogP contribution is 2.30. The maximum absolute atomic E-state index is 12.4. The molecule has 0 bridgehead atoms. The Morgan fingerprint density at radius 2 is 2.07 bits per heavy atom. The molecule has 0 spiro atoms. The average Bonchev–Trinajstić information content (AvgIpc) is 3.21. The summed E-state index contributed by atoms with van der Waals surface area (Å²) < 4.78 is 10.6. The Bertz CT molecular complexity index is 994. The van der Waals surface area contributed by atoms with Gasteiger partial charge in [0.1, 0.15) is 10.6 Å². The monoisotopic (exact) mass is 379 g/mol. The summed E-state index contributed by atoms with van der Waals surface area (Å²) in [6.45, 7) is 3.76. The second-order valence-electron chi connectivity index (χ2n) is 5.57. The molecule has 7 heteroatoms. The number of nitriles is 1. The van der Waals surface area contributed by atoms with Gasteiger partial charge in [0.05, 0.1) is 30.2 Å². The van der Waals surface area contributed by atoms with Crippen molar-refractivity contribution in [1.82, 2.24) is 9.97 Å². The van der Waals surface area contributed by atoms with Gasteiger partial charge in [-0.1, -0.05) is 18.2 Å². The zero-order chi connectivity index (χ0) is 19.2. The normalized spacial score (nSPS) is 10.4. The van der Waals surface area contributed by atoms with Gasteiger partial charge in [-0.15, -0.1) is 11.8 Å². The van der Waals surface area contributed by atoms with Crippen LogP contribution in [0.5, 0.6) is 0 Å². The second kappa shape index (κ2) is 8.52. The third-order valence-electron chi connectivity index (χ3n) is 3.78. The molecule has 0 unspecified atom stereocenters. The summed E-state index contributed by atoms with van der Waals surface area (Å²) in [7, 11) is 0. The molecule has 3 rings (SSSR count). The molecule has 2 aromatic heterocycles. The minimum Gasteiger partial charge on any atom is -0.462 e. The minimum atomic E-state index is -0.461. The first kappa shape index (κ1) is 18.7. The van der Waals surface area contributed by atoms with E-state index in [1.807, 2.05) is 18.2 Å². The van der Waals surface area contributed by atoms with Crippen LogP contribution in [0.2, 0.25) is 0 Å². The second-order valence-corrected chi connectivity index (χ2v) is 6.53. The summed E-state index contributed by atoms with van der Waals surface area (Å²) in [5.74, 6) is 0.955. The molecule has 27 heavy (non-hydrogen) atoms. The molecular weight excluding hydrogens is 362 g/mol. The summed E-state index contributed by atoms with van der Waals surface area (Å²) in [4.78, 5) is 21.3. The molecule has 136 valence electrons. The van der Waals surface area contributed by atoms with Crippen LogP contribution in [0.15, 0.2) is 52.1 Å². The van der Waals surface area contributed by atoms with Crippen molar-refractivity contribution in [2.75, 3.05) is 6.61 Å². The largest absolute Gasteiger partial charge is 0.462 e. The standard InChI is InChI=1S/C20H17N3O3S/c1-3-25-20(24)17-13(2)22-18(16-9-6-10-26-16)23-19(17)27-12-15-8-5-4-7-14(15)11-21/h4-10H,3,12H2,1-2H3. The molecule has 0 saturated carbocycles. The van der Waals surface area contributed by atoms with Gasteiger partial charge < -0.3 is 9.15 Å². The Labute approximate surface area is 161 Å². The van der Waals surface area contributed by atoms with E-state index < -0.39 is 5.97 Å². The van der Waals surface area contributed by atoms with Crippen LogP contribution in [0.4, 0.5) is 0 Å². The average molecular weight is 379 g/mol. The van der Waals surface area contributed by atoms with Crippen molar-refractivity contribution in [3.8, 4) is 17.7 Å². The Kier molecular flexibility index (Phi) is 5.89. The van der Waals surface area contributed by atoms with Crippen LogP contribution >= 0.6 is 11.8 Å². The van der Waals surface area contributed by atoms with Crippen molar-refractivity contribution in [1.29, 1.82) is 5.26 Å². The number of aryl methyl sites for hydroxylation is 1. The van der Waals surface area contributed by atoms with Gasteiger partial charge in [-0.25, -0.2) is 14.8 Å². The molecule has 0 aliphatic heterocycles. The van der Waals surface area contributed by atoms with Gasteiger partial charge >= 0.3 is 5.97 Å². The summed E-state index contributed by atoms with van der Waals surface area (Å²) >= 11 is 1.36. The number of rotatable bonds is 6. The van der Waals surface area contributed by atoms with E-state index in [1.54, 1.807) is 38.3 Å². The first-order valence-electron chi connectivity index (χ1n) is 8.34. The zero-order valence-electron chi connectivity index (χ0n) is 14.9. The number of carbonyl (C=O) groups is 1. The SMILES string of the molecule is CCOC(=O)c1c(C)nc(-c2ccco2)nc1SCc1ccccc1C#N. The van der Waals surface area contributed by atoms with E-state index in [2.05, 4.69) is 16.0 Å². The Balaban J connectivity index is 2.00. The molecule has 0 aliphatic rings. The number of furan rings is 1. The molecule has 1 aromatic carbocycles. The smallest absolute Gasteiger partial charge is 0.342 e. The number of benzene rings is 1. The van der Waals surface area contributed by atoms with Gasteiger partial charge in [0.25, 0.3) is 0 Å². The lowest BCUT2D eigenvalue weighted by molar-refractivity contribution is 0.0519. The van der Waals surface area contributed by atoms with Crippen molar-refractivity contribution in [2.45, 2.75) is 24.6 Å². The third kappa shape index (κ3) is 4.18. The number of hydrogen-bond donors (Lipinski definition) is 0. The number of ether oxygens (including phenoxy) is 1. The van der Waals surface area contributed by atoms with Crippen LogP contribution in [-0.4, -0.2) is 22.5 Å². The number of nitrogens with zero attached hydrogens (tertiary/aromatic N) is 3. The van der Waals surface area contributed by atoms with Crippen LogP contribution in [0.25, 0.3) is 11.6 Å². The summed E-state index contributed by atoms with van der Waals surface area (Å²) in [5.41, 5.74) is 2.33. The molecule has 0 fully saturated rings. The first-order valence-corrected chi connectivity index (χ1v) is 9.33. The lowest BCUT2D eigenvalue weighted by Crippen LogP contribution is -2.12. The summed E-state index contributed by atoms with van der Waals surface area (Å²) in [6, 6.07) is 13.0. The highest BCUT2D eigenvalue weighted by molar-refractivity contribution is 7.98. The van der Waals surface area contributed by atoms with Gasteiger partial charge in [-0.3, -0.25) is 0 Å². The Hall–Kier alpha value is -3.11. The van der Waals surface area contributed by atoms with Crippen LogP contribution < -0.4 is 0 Å². The molecule has 0 radical (unpaired) electrons. The van der Waals surface area contributed by atoms with Gasteiger partial charge in [0, 0.05) is 5.75 Å². The van der Waals surface area contributed by atoms with Crippen LogP contribution in [0, 0.1) is 18.3 Å². The number of carbonyl (C=O) groups excluding carboxylic acids is 1. The van der Waals surface area contributed by atoms with E-state index in [1.165, 1.54) is 11.8 Å². The molecular formula is C20H17N3O3S. The number of esters is 1. The van der Waals surface area contributed by atoms with Gasteiger partial charge in [0.15, 0.2) is 11.6 Å². The van der Waals surface area contributed by atoms with Crippen LogP contribution in [0.3, 0.4) is 0 Å². The van der Waals surface area contributed by atoms with Crippen molar-refractivity contribution >= 4 is 17.7 Å². The third-order valence-corrected chi connectivity index (χ3v) is 4.80. The van der Waals surface area contributed by atoms with E-state index in [9.17, 15) is 10.1 Å². The van der Waals surface area contributed by atoms with E-state index in [4.69, 9.17) is 9.15 Å². The lowest BCUT2D eigenvalue weighted by Gasteiger charge is -2.12. The number of hydrogen-bond acceptors (Lipinski definition) is 7. The topological polar surface area (TPSA) is 89.0 Å². The molecule has 0 amide bonds. The highest BCUT2D eigenvalue weighted by atomic mass is 32.2. The minimum absolute atomic E-state index is 0.263. The Morgan fingerprint density at radius 1 is 1.26 bits per heavy atom. The van der Waals surface area contributed by atoms with E-state index in [-0.39, 0.29) is 6.61 Å². The predicted molar refractivity (Wildman–Crippen MR) is 101 cm³/mol. The fourth-order valence-corrected chi connectivity index (χ4v) is 3.58. The predicted octanol–water partition coefficient (Wildman–Crippen LogP) is 4.39. The van der Waals surface area contributed by atoms with Crippen molar-refractivity contribution in [2.24, 2.45) is 0 Å². The fraction of sp³-hybridized carbons (Fsp3) is 0.200. The lowest BCUT2D eigenvalue weighted by atomic mass is 10.1. The number of thioether (sulfide) groups is 1. The van der Waals surface area contributed by atoms with Gasteiger partial charge in [-0.05, 0) is 37.6 Å². The van der Waals surface area contributed by atoms with Gasteiger partial charge in [0.2, 0.25) is 0 Å². The van der Waals surface area contributed by atoms with Crippen molar-refractivity contribution in [3.63, 3.8) is 0 Å². The highest BCUT2D eigenvalue weighted by Gasteiger charge is 2.22. The summed E-state index contributed by atoms with van der Waals surface area (Å²) in [6.07, 6.45) is 1.54. The number of aromatic nitrogens is 2. The molecule has 0 saturated heterocycles. The Morgan fingerprint density at radius 3 is 2.78 bits per heavy atom. The van der Waals surface area contributed by atoms with Crippen LogP contribution in [0.1, 0.15) is 34.1 Å². The van der Waals surface area contributed by atoms with Crippen molar-refractivity contribution in [3.05, 3.63) is 65.0 Å². The van der Waals surface area contributed by atoms with E-state index >= 15 is 0 Å². The molecule has 0 aliphatic carbocycles. The molecule has 0 N–H and O–H groups in total. The maximum atomic E-state index is 12.4. The molecule has 0 atom stereocenters. The zero-order valence-corrected chi connectivity index (χ0v) is 15.7. The summed E-state index contributed by atoms with van der Waals surface area (Å²) in [5, 5.41) is 9.77. The molecule has 3 aromatic rings. The molecule has 2 heterocycles. The van der Waals surface area contributed by atoms with Gasteiger partial charge in [-0.2, -0.15) is 5.26 Å². The van der Waals surface area contributed by atoms with E-state index in [0.29, 0.717) is 39.2 Å². The quantitative estimate of drug-likeness (QED) is 0.356. The maximum Gasteiger partial charge on any atom is 0.342 e. The van der Waals surface area contributed by atoms with Crippen LogP contribution in [-0.2, 0) is 10.5 Å². The first-order chi connectivity index (χ1) is 13.1. The fourth-order valence-electron chi connectivity index (χ4n) is 2.51.